The lowest BCUT2D eigenvalue weighted by Gasteiger charge is -2.20. The van der Waals surface area contributed by atoms with E-state index in [2.05, 4.69) is 18.7 Å². The lowest BCUT2D eigenvalue weighted by Crippen LogP contribution is -2.34. The second kappa shape index (κ2) is 8.71. The number of amides is 2. The first-order chi connectivity index (χ1) is 12.0. The molecule has 0 aliphatic carbocycles. The summed E-state index contributed by atoms with van der Waals surface area (Å²) in [6, 6.07) is 7.79. The smallest absolute Gasteiger partial charge is 0.326 e. The molecule has 0 spiro atoms. The largest absolute Gasteiger partial charge is 0.465 e. The fraction of sp³-hybridized carbons (Fsp3) is 0.389. The summed E-state index contributed by atoms with van der Waals surface area (Å²) in [7, 11) is 0. The van der Waals surface area contributed by atoms with Crippen LogP contribution in [0.1, 0.15) is 26.3 Å². The van der Waals surface area contributed by atoms with Gasteiger partial charge < -0.3 is 9.64 Å². The maximum atomic E-state index is 12.3. The zero-order valence-electron chi connectivity index (χ0n) is 14.7. The van der Waals surface area contributed by atoms with Gasteiger partial charge in [-0.25, -0.2) is 0 Å². The van der Waals surface area contributed by atoms with E-state index in [1.165, 1.54) is 0 Å². The highest BCUT2D eigenvalue weighted by molar-refractivity contribution is 8.18. The van der Waals surface area contributed by atoms with Crippen LogP contribution in [-0.4, -0.2) is 48.3 Å². The quantitative estimate of drug-likeness (QED) is 0.548. The number of ether oxygens (including phenoxy) is 1. The summed E-state index contributed by atoms with van der Waals surface area (Å²) in [6.07, 6.45) is 1.67. The molecule has 0 N–H and O–H groups in total. The van der Waals surface area contributed by atoms with Gasteiger partial charge in [-0.2, -0.15) is 0 Å². The van der Waals surface area contributed by atoms with Crippen LogP contribution in [0.5, 0.6) is 0 Å². The highest BCUT2D eigenvalue weighted by Crippen LogP contribution is 2.32. The Morgan fingerprint density at radius 3 is 2.36 bits per heavy atom. The third-order valence-electron chi connectivity index (χ3n) is 3.79. The minimum atomic E-state index is -0.588. The first-order valence-corrected chi connectivity index (χ1v) is 9.07. The standard InChI is InChI=1S/C18H22N2O4S/c1-4-19(5-2)14-9-7-13(8-10-14)11-15-17(22)20(18(23)25-15)12-16(21)24-6-3/h7-11H,4-6,12H2,1-3H3/b15-11-. The van der Waals surface area contributed by atoms with Gasteiger partial charge in [0.1, 0.15) is 6.54 Å². The maximum Gasteiger partial charge on any atom is 0.326 e. The molecule has 134 valence electrons. The van der Waals surface area contributed by atoms with Crippen molar-refractivity contribution in [2.24, 2.45) is 0 Å². The number of carbonyl (C=O) groups excluding carboxylic acids is 3. The Balaban J connectivity index is 2.12. The van der Waals surface area contributed by atoms with Crippen molar-refractivity contribution in [1.29, 1.82) is 0 Å². The fourth-order valence-corrected chi connectivity index (χ4v) is 3.33. The van der Waals surface area contributed by atoms with E-state index in [-0.39, 0.29) is 13.2 Å². The number of nitrogens with zero attached hydrogens (tertiary/aromatic N) is 2. The van der Waals surface area contributed by atoms with Crippen molar-refractivity contribution in [3.8, 4) is 0 Å². The fourth-order valence-electron chi connectivity index (χ4n) is 2.49. The van der Waals surface area contributed by atoms with Crippen LogP contribution in [0.25, 0.3) is 6.08 Å². The molecule has 1 aromatic carbocycles. The minimum absolute atomic E-state index is 0.212. The molecule has 0 saturated carbocycles. The van der Waals surface area contributed by atoms with Crippen molar-refractivity contribution in [3.63, 3.8) is 0 Å². The molecule has 1 aliphatic rings. The number of anilines is 1. The molecule has 1 saturated heterocycles. The Hall–Kier alpha value is -2.28. The lowest BCUT2D eigenvalue weighted by molar-refractivity contribution is -0.145. The summed E-state index contributed by atoms with van der Waals surface area (Å²) in [5.74, 6) is -1.05. The third kappa shape index (κ3) is 4.63. The van der Waals surface area contributed by atoms with E-state index in [0.29, 0.717) is 4.91 Å². The highest BCUT2D eigenvalue weighted by atomic mass is 32.2. The van der Waals surface area contributed by atoms with Gasteiger partial charge in [-0.1, -0.05) is 12.1 Å². The second-order valence-corrected chi connectivity index (χ2v) is 6.33. The van der Waals surface area contributed by atoms with Crippen LogP contribution in [0.3, 0.4) is 0 Å². The molecule has 2 amide bonds. The Labute approximate surface area is 151 Å². The third-order valence-corrected chi connectivity index (χ3v) is 4.69. The van der Waals surface area contributed by atoms with Gasteiger partial charge in [0.05, 0.1) is 11.5 Å². The Morgan fingerprint density at radius 2 is 1.80 bits per heavy atom. The van der Waals surface area contributed by atoms with Crippen LogP contribution in [0.15, 0.2) is 29.2 Å². The SMILES string of the molecule is CCOC(=O)CN1C(=O)S/C(=C\c2ccc(N(CC)CC)cc2)C1=O. The van der Waals surface area contributed by atoms with Crippen molar-refractivity contribution in [2.75, 3.05) is 31.1 Å². The molecular weight excluding hydrogens is 340 g/mol. The number of esters is 1. The number of hydrogen-bond donors (Lipinski definition) is 0. The summed E-state index contributed by atoms with van der Waals surface area (Å²) in [5.41, 5.74) is 1.94. The Kier molecular flexibility index (Phi) is 6.64. The van der Waals surface area contributed by atoms with Crippen LogP contribution in [0.2, 0.25) is 0 Å². The average molecular weight is 362 g/mol. The predicted molar refractivity (Wildman–Crippen MR) is 99.3 cm³/mol. The predicted octanol–water partition coefficient (Wildman–Crippen LogP) is 3.13. The summed E-state index contributed by atoms with van der Waals surface area (Å²) in [5, 5.41) is -0.455. The number of hydrogen-bond acceptors (Lipinski definition) is 6. The Morgan fingerprint density at radius 1 is 1.16 bits per heavy atom. The first-order valence-electron chi connectivity index (χ1n) is 8.26. The number of thioether (sulfide) groups is 1. The van der Waals surface area contributed by atoms with Gasteiger partial charge in [-0.3, -0.25) is 19.3 Å². The van der Waals surface area contributed by atoms with Crippen molar-refractivity contribution in [1.82, 2.24) is 4.90 Å². The van der Waals surface area contributed by atoms with Crippen LogP contribution in [0.4, 0.5) is 10.5 Å². The molecule has 2 rings (SSSR count). The molecule has 7 heteroatoms. The lowest BCUT2D eigenvalue weighted by atomic mass is 10.1. The van der Waals surface area contributed by atoms with Crippen LogP contribution in [-0.2, 0) is 14.3 Å². The second-order valence-electron chi connectivity index (χ2n) is 5.34. The summed E-state index contributed by atoms with van der Waals surface area (Å²) in [6.45, 7) is 7.56. The number of benzene rings is 1. The van der Waals surface area contributed by atoms with Gasteiger partial charge in [0.2, 0.25) is 0 Å². The molecule has 1 heterocycles. The summed E-state index contributed by atoms with van der Waals surface area (Å²) < 4.78 is 4.79. The van der Waals surface area contributed by atoms with Gasteiger partial charge in [-0.15, -0.1) is 0 Å². The monoisotopic (exact) mass is 362 g/mol. The maximum absolute atomic E-state index is 12.3. The van der Waals surface area contributed by atoms with E-state index in [4.69, 9.17) is 4.74 Å². The molecule has 0 bridgehead atoms. The number of carbonyl (C=O) groups is 3. The minimum Gasteiger partial charge on any atom is -0.465 e. The van der Waals surface area contributed by atoms with Crippen molar-refractivity contribution in [2.45, 2.75) is 20.8 Å². The average Bonchev–Trinajstić information content (AvgIpc) is 2.85. The van der Waals surface area contributed by atoms with Crippen molar-refractivity contribution in [3.05, 3.63) is 34.7 Å². The van der Waals surface area contributed by atoms with E-state index in [1.54, 1.807) is 13.0 Å². The zero-order valence-corrected chi connectivity index (χ0v) is 15.5. The highest BCUT2D eigenvalue weighted by Gasteiger charge is 2.36. The molecule has 1 aliphatic heterocycles. The van der Waals surface area contributed by atoms with E-state index in [9.17, 15) is 14.4 Å². The van der Waals surface area contributed by atoms with Crippen molar-refractivity contribution >= 4 is 40.6 Å². The molecule has 0 unspecified atom stereocenters. The normalized spacial score (nSPS) is 15.8. The van der Waals surface area contributed by atoms with E-state index in [0.717, 1.165) is 41.0 Å². The van der Waals surface area contributed by atoms with Gasteiger partial charge in [0.15, 0.2) is 0 Å². The number of imide groups is 1. The van der Waals surface area contributed by atoms with E-state index < -0.39 is 17.1 Å². The van der Waals surface area contributed by atoms with Gasteiger partial charge in [-0.05, 0) is 56.3 Å². The molecule has 0 radical (unpaired) electrons. The molecule has 25 heavy (non-hydrogen) atoms. The van der Waals surface area contributed by atoms with Gasteiger partial charge >= 0.3 is 5.97 Å². The molecule has 1 fully saturated rings. The Bertz CT molecular complexity index is 681. The van der Waals surface area contributed by atoms with E-state index >= 15 is 0 Å². The zero-order chi connectivity index (χ0) is 18.4. The van der Waals surface area contributed by atoms with Crippen molar-refractivity contribution < 1.29 is 19.1 Å². The molecule has 1 aromatic rings. The van der Waals surface area contributed by atoms with Crippen LogP contribution >= 0.6 is 11.8 Å². The number of rotatable bonds is 7. The molecular formula is C18H22N2O4S. The molecule has 0 aromatic heterocycles. The summed E-state index contributed by atoms with van der Waals surface area (Å²) >= 11 is 0.837. The molecule has 0 atom stereocenters. The molecule has 6 nitrogen and oxygen atoms in total. The first kappa shape index (κ1) is 19.1. The van der Waals surface area contributed by atoms with Crippen LogP contribution < -0.4 is 4.90 Å². The van der Waals surface area contributed by atoms with Crippen LogP contribution in [0, 0.1) is 0 Å². The van der Waals surface area contributed by atoms with Gasteiger partial charge in [0, 0.05) is 18.8 Å². The summed E-state index contributed by atoms with van der Waals surface area (Å²) in [4.78, 5) is 39.2. The topological polar surface area (TPSA) is 66.9 Å². The van der Waals surface area contributed by atoms with E-state index in [1.807, 2.05) is 24.3 Å². The van der Waals surface area contributed by atoms with Gasteiger partial charge in [0.25, 0.3) is 11.1 Å².